The Bertz CT molecular complexity index is 292. The van der Waals surface area contributed by atoms with E-state index in [-0.39, 0.29) is 16.7 Å². The summed E-state index contributed by atoms with van der Waals surface area (Å²) in [7, 11) is -3.30. The van der Waals surface area contributed by atoms with Crippen LogP contribution in [0.3, 0.4) is 0 Å². The highest BCUT2D eigenvalue weighted by Crippen LogP contribution is 2.40. The Hall–Kier alpha value is -0.0500. The molecule has 0 aromatic heterocycles. The summed E-state index contributed by atoms with van der Waals surface area (Å²) in [6, 6.07) is 0. The second-order valence-electron chi connectivity index (χ2n) is 6.18. The average Bonchev–Trinajstić information content (AvgIpc) is 1.76. The van der Waals surface area contributed by atoms with E-state index in [0.29, 0.717) is 0 Å². The zero-order chi connectivity index (χ0) is 12.7. The molecule has 0 aliphatic rings. The van der Waals surface area contributed by atoms with Crippen molar-refractivity contribution in [3.8, 4) is 0 Å². The van der Waals surface area contributed by atoms with Gasteiger partial charge in [-0.15, -0.1) is 0 Å². The Morgan fingerprint density at radius 3 is 1.43 bits per heavy atom. The lowest BCUT2D eigenvalue weighted by molar-refractivity contribution is 0.123. The van der Waals surface area contributed by atoms with Crippen LogP contribution >= 0.6 is 0 Å². The molecule has 0 spiro atoms. The summed E-state index contributed by atoms with van der Waals surface area (Å²) >= 11 is 0. The average molecular weight is 221 g/mol. The van der Waals surface area contributed by atoms with Crippen LogP contribution in [0.4, 0.5) is 0 Å². The Morgan fingerprint density at radius 2 is 1.36 bits per heavy atom. The lowest BCUT2D eigenvalue weighted by Gasteiger charge is -2.40. The highest BCUT2D eigenvalue weighted by Gasteiger charge is 2.36. The van der Waals surface area contributed by atoms with Crippen molar-refractivity contribution in [2.45, 2.75) is 41.5 Å². The van der Waals surface area contributed by atoms with E-state index in [1.807, 2.05) is 41.5 Å². The molecule has 0 bridgehead atoms. The second kappa shape index (κ2) is 3.84. The normalized spacial score (nSPS) is 18.1. The molecule has 0 aliphatic heterocycles. The van der Waals surface area contributed by atoms with Crippen molar-refractivity contribution >= 4 is 9.84 Å². The minimum atomic E-state index is -3.30. The zero-order valence-corrected chi connectivity index (χ0v) is 11.2. The SMILES string of the molecule is [2H]C(C(C(C)(C)C)C(C)(C)C)S(C)(=O)=O. The first-order valence-electron chi connectivity index (χ1n) is 5.47. The highest BCUT2D eigenvalue weighted by atomic mass is 32.2. The van der Waals surface area contributed by atoms with E-state index in [4.69, 9.17) is 1.37 Å². The van der Waals surface area contributed by atoms with Crippen molar-refractivity contribution in [3.63, 3.8) is 0 Å². The second-order valence-corrected chi connectivity index (χ2v) is 8.11. The molecule has 0 fully saturated rings. The van der Waals surface area contributed by atoms with Crippen LogP contribution in [0.25, 0.3) is 0 Å². The maximum atomic E-state index is 11.5. The summed E-state index contributed by atoms with van der Waals surface area (Å²) in [6.07, 6.45) is 1.15. The molecule has 3 heteroatoms. The summed E-state index contributed by atoms with van der Waals surface area (Å²) in [5, 5.41) is 0. The summed E-state index contributed by atoms with van der Waals surface area (Å²) in [6.45, 7) is 12.0. The number of rotatable bonds is 2. The molecular formula is C11H24O2S. The molecular weight excluding hydrogens is 196 g/mol. The van der Waals surface area contributed by atoms with Crippen LogP contribution in [0.15, 0.2) is 0 Å². The van der Waals surface area contributed by atoms with Gasteiger partial charge in [0.1, 0.15) is 9.84 Å². The van der Waals surface area contributed by atoms with Gasteiger partial charge in [-0.25, -0.2) is 8.42 Å². The third kappa shape index (κ3) is 4.99. The molecule has 0 saturated heterocycles. The lowest BCUT2D eigenvalue weighted by Crippen LogP contribution is -2.37. The first-order chi connectivity index (χ1) is 6.28. The Balaban J connectivity index is 5.35. The van der Waals surface area contributed by atoms with Crippen LogP contribution in [0.5, 0.6) is 0 Å². The van der Waals surface area contributed by atoms with Crippen molar-refractivity contribution < 1.29 is 9.79 Å². The molecule has 0 amide bonds. The van der Waals surface area contributed by atoms with Gasteiger partial charge in [0.05, 0.1) is 5.73 Å². The Morgan fingerprint density at radius 1 is 1.07 bits per heavy atom. The smallest absolute Gasteiger partial charge is 0.147 e. The van der Waals surface area contributed by atoms with Crippen LogP contribution in [0.1, 0.15) is 42.9 Å². The third-order valence-electron chi connectivity index (χ3n) is 2.25. The van der Waals surface area contributed by atoms with Gasteiger partial charge in [0.25, 0.3) is 0 Å². The van der Waals surface area contributed by atoms with Gasteiger partial charge in [0, 0.05) is 7.63 Å². The summed E-state index contributed by atoms with van der Waals surface area (Å²) in [5.74, 6) is -0.181. The first-order valence-corrected chi connectivity index (χ1v) is 6.84. The highest BCUT2D eigenvalue weighted by molar-refractivity contribution is 7.90. The van der Waals surface area contributed by atoms with Crippen molar-refractivity contribution in [2.75, 3.05) is 12.0 Å². The van der Waals surface area contributed by atoms with E-state index in [2.05, 4.69) is 0 Å². The number of hydrogen-bond donors (Lipinski definition) is 0. The van der Waals surface area contributed by atoms with Crippen molar-refractivity contribution in [1.29, 1.82) is 0 Å². The van der Waals surface area contributed by atoms with Crippen LogP contribution in [-0.2, 0) is 9.84 Å². The van der Waals surface area contributed by atoms with E-state index >= 15 is 0 Å². The quantitative estimate of drug-likeness (QED) is 0.718. The van der Waals surface area contributed by atoms with Gasteiger partial charge in [0.2, 0.25) is 0 Å². The van der Waals surface area contributed by atoms with Gasteiger partial charge in [-0.1, -0.05) is 41.5 Å². The van der Waals surface area contributed by atoms with E-state index < -0.39 is 15.6 Å². The zero-order valence-electron chi connectivity index (χ0n) is 11.4. The van der Waals surface area contributed by atoms with E-state index in [9.17, 15) is 8.42 Å². The Kier molecular flexibility index (Phi) is 3.30. The largest absolute Gasteiger partial charge is 0.229 e. The molecule has 0 N–H and O–H groups in total. The molecule has 1 atom stereocenters. The van der Waals surface area contributed by atoms with Crippen LogP contribution in [0, 0.1) is 16.7 Å². The molecule has 0 rings (SSSR count). The molecule has 0 aliphatic carbocycles. The van der Waals surface area contributed by atoms with Crippen LogP contribution in [-0.4, -0.2) is 20.4 Å². The maximum absolute atomic E-state index is 11.5. The lowest BCUT2D eigenvalue weighted by atomic mass is 9.68. The molecule has 0 heterocycles. The Labute approximate surface area is 90.4 Å². The molecule has 0 radical (unpaired) electrons. The van der Waals surface area contributed by atoms with Gasteiger partial charge in [-0.3, -0.25) is 0 Å². The van der Waals surface area contributed by atoms with Gasteiger partial charge < -0.3 is 0 Å². The van der Waals surface area contributed by atoms with Crippen LogP contribution < -0.4 is 0 Å². The minimum absolute atomic E-state index is 0.181. The molecule has 14 heavy (non-hydrogen) atoms. The first kappa shape index (κ1) is 12.0. The third-order valence-corrected chi connectivity index (χ3v) is 3.02. The molecule has 2 nitrogen and oxygen atoms in total. The summed E-state index contributed by atoms with van der Waals surface area (Å²) in [5.41, 5.74) is -1.42. The fraction of sp³-hybridized carbons (Fsp3) is 1.00. The standard InChI is InChI=1S/C11H24O2S/c1-10(2,3)9(11(4,5)6)8-14(7,12)13/h9H,8H2,1-7H3/i8D. The van der Waals surface area contributed by atoms with E-state index in [0.717, 1.165) is 6.26 Å². The number of sulfone groups is 1. The molecule has 0 aromatic rings. The number of hydrogen-bond acceptors (Lipinski definition) is 2. The summed E-state index contributed by atoms with van der Waals surface area (Å²) < 4.78 is 30.9. The van der Waals surface area contributed by atoms with Crippen molar-refractivity contribution in [3.05, 3.63) is 0 Å². The summed E-state index contributed by atoms with van der Waals surface area (Å²) in [4.78, 5) is 0. The molecule has 1 unspecified atom stereocenters. The van der Waals surface area contributed by atoms with Crippen LogP contribution in [0.2, 0.25) is 0 Å². The van der Waals surface area contributed by atoms with Crippen molar-refractivity contribution in [2.24, 2.45) is 16.7 Å². The van der Waals surface area contributed by atoms with Gasteiger partial charge in [0.15, 0.2) is 0 Å². The molecule has 0 aromatic carbocycles. The minimum Gasteiger partial charge on any atom is -0.229 e. The fourth-order valence-electron chi connectivity index (χ4n) is 1.95. The predicted molar refractivity (Wildman–Crippen MR) is 62.1 cm³/mol. The predicted octanol–water partition coefficient (Wildman–Crippen LogP) is 2.74. The molecule has 86 valence electrons. The van der Waals surface area contributed by atoms with E-state index in [1.54, 1.807) is 0 Å². The van der Waals surface area contributed by atoms with Gasteiger partial charge in [-0.05, 0) is 16.7 Å². The topological polar surface area (TPSA) is 34.1 Å². The van der Waals surface area contributed by atoms with Gasteiger partial charge in [-0.2, -0.15) is 0 Å². The monoisotopic (exact) mass is 221 g/mol. The fourth-order valence-corrected chi connectivity index (χ4v) is 3.27. The molecule has 0 saturated carbocycles. The van der Waals surface area contributed by atoms with E-state index in [1.165, 1.54) is 0 Å². The van der Waals surface area contributed by atoms with Crippen molar-refractivity contribution in [1.82, 2.24) is 0 Å². The maximum Gasteiger partial charge on any atom is 0.147 e. The van der Waals surface area contributed by atoms with Gasteiger partial charge >= 0.3 is 0 Å².